The van der Waals surface area contributed by atoms with Crippen LogP contribution in [0.25, 0.3) is 0 Å². The predicted molar refractivity (Wildman–Crippen MR) is 158 cm³/mol. The highest BCUT2D eigenvalue weighted by atomic mass is 19.1. The second-order valence-electron chi connectivity index (χ2n) is 13.8. The Labute approximate surface area is 270 Å². The fraction of sp³-hybridized carbons (Fsp3) is 0.719. The number of aliphatic carboxylic acids is 1. The molecule has 0 aromatic carbocycles. The first kappa shape index (κ1) is 36.1. The number of aliphatic hydroxyl groups excluding tert-OH is 1. The average molecular weight is 669 g/mol. The lowest BCUT2D eigenvalue weighted by molar-refractivity contribution is -0.757. The van der Waals surface area contributed by atoms with Crippen LogP contribution in [-0.2, 0) is 33.5 Å². The second-order valence-corrected chi connectivity index (χ2v) is 13.8. The van der Waals surface area contributed by atoms with Crippen LogP contribution in [0.5, 0.6) is 0 Å². The van der Waals surface area contributed by atoms with Gasteiger partial charge in [0.2, 0.25) is 5.91 Å². The molecule has 4 aliphatic carbocycles. The number of rotatable bonds is 14. The number of ketones is 2. The molecule has 0 radical (unpaired) electrons. The molecule has 4 rings (SSSR count). The summed E-state index contributed by atoms with van der Waals surface area (Å²) >= 11 is 0. The molecule has 0 aliphatic heterocycles. The van der Waals surface area contributed by atoms with Crippen LogP contribution < -0.4 is 5.32 Å². The van der Waals surface area contributed by atoms with E-state index in [4.69, 9.17) is 4.74 Å². The van der Waals surface area contributed by atoms with Crippen molar-refractivity contribution in [3.8, 4) is 0 Å². The molecule has 13 nitrogen and oxygen atoms in total. The number of carboxylic acid groups (broad SMARTS) is 1. The third kappa shape index (κ3) is 6.81. The van der Waals surface area contributed by atoms with E-state index >= 15 is 8.78 Å². The topological polar surface area (TPSA) is 199 Å². The quantitative estimate of drug-likeness (QED) is 0.106. The zero-order valence-corrected chi connectivity index (χ0v) is 26.6. The Kier molecular flexibility index (Phi) is 10.6. The van der Waals surface area contributed by atoms with E-state index in [1.54, 1.807) is 13.8 Å². The molecule has 0 heterocycles. The highest BCUT2D eigenvalue weighted by Crippen LogP contribution is 2.70. The van der Waals surface area contributed by atoms with Crippen molar-refractivity contribution in [2.75, 3.05) is 13.2 Å². The molecule has 0 aromatic rings. The Morgan fingerprint density at radius 3 is 2.53 bits per heavy atom. The van der Waals surface area contributed by atoms with E-state index in [2.05, 4.69) is 10.2 Å². The fourth-order valence-corrected chi connectivity index (χ4v) is 8.89. The average Bonchev–Trinajstić information content (AvgIpc) is 3.25. The molecule has 260 valence electrons. The van der Waals surface area contributed by atoms with Crippen molar-refractivity contribution in [2.45, 2.75) is 96.1 Å². The van der Waals surface area contributed by atoms with Crippen LogP contribution in [0.2, 0.25) is 0 Å². The van der Waals surface area contributed by atoms with Gasteiger partial charge in [0.1, 0.15) is 18.8 Å². The lowest BCUT2D eigenvalue weighted by Gasteiger charge is -2.62. The number of nitrogens with zero attached hydrogens (tertiary/aromatic N) is 1. The number of hydrogen-bond donors (Lipinski definition) is 3. The molecule has 10 atom stereocenters. The van der Waals surface area contributed by atoms with Crippen molar-refractivity contribution < 1.29 is 57.6 Å². The second kappa shape index (κ2) is 13.8. The molecule has 0 bridgehead atoms. The van der Waals surface area contributed by atoms with Gasteiger partial charge in [0.25, 0.3) is 5.09 Å². The van der Waals surface area contributed by atoms with Gasteiger partial charge in [-0.05, 0) is 74.0 Å². The minimum absolute atomic E-state index is 0.00754. The van der Waals surface area contributed by atoms with Crippen LogP contribution >= 0.6 is 0 Å². The molecule has 4 aliphatic rings. The van der Waals surface area contributed by atoms with Gasteiger partial charge < -0.3 is 25.1 Å². The van der Waals surface area contributed by atoms with Gasteiger partial charge >= 0.3 is 11.9 Å². The Morgan fingerprint density at radius 1 is 1.17 bits per heavy atom. The fourth-order valence-electron chi connectivity index (χ4n) is 8.89. The van der Waals surface area contributed by atoms with Gasteiger partial charge in [-0.2, -0.15) is 0 Å². The van der Waals surface area contributed by atoms with E-state index in [-0.39, 0.29) is 37.4 Å². The van der Waals surface area contributed by atoms with Crippen molar-refractivity contribution in [3.05, 3.63) is 33.9 Å². The molecule has 0 aromatic heterocycles. The summed E-state index contributed by atoms with van der Waals surface area (Å²) in [7, 11) is 0. The molecule has 47 heavy (non-hydrogen) atoms. The van der Waals surface area contributed by atoms with Crippen LogP contribution in [0, 0.1) is 44.6 Å². The number of esters is 1. The number of amides is 1. The number of aliphatic hydroxyl groups is 1. The highest BCUT2D eigenvalue weighted by Gasteiger charge is 2.73. The van der Waals surface area contributed by atoms with Crippen molar-refractivity contribution in [1.82, 2.24) is 5.32 Å². The third-order valence-corrected chi connectivity index (χ3v) is 10.9. The Morgan fingerprint density at radius 2 is 1.87 bits per heavy atom. The van der Waals surface area contributed by atoms with Gasteiger partial charge in [-0.3, -0.25) is 19.2 Å². The third-order valence-electron chi connectivity index (χ3n) is 10.9. The zero-order chi connectivity index (χ0) is 34.9. The number of hydrogen-bond acceptors (Lipinski definition) is 10. The van der Waals surface area contributed by atoms with Gasteiger partial charge in [-0.15, -0.1) is 10.1 Å². The zero-order valence-electron chi connectivity index (χ0n) is 26.6. The number of allylic oxidation sites excluding steroid dienone is 4. The van der Waals surface area contributed by atoms with Crippen LogP contribution in [0.4, 0.5) is 8.78 Å². The Balaban J connectivity index is 1.37. The van der Waals surface area contributed by atoms with Crippen molar-refractivity contribution in [1.29, 1.82) is 0 Å². The number of carbonyl (C=O) groups is 5. The maximum absolute atomic E-state index is 17.3. The van der Waals surface area contributed by atoms with E-state index in [0.29, 0.717) is 25.7 Å². The number of Topliss-reactive ketones (excluding diaryl/α,β-unsaturated/α-hetero) is 1. The maximum Gasteiger partial charge on any atom is 0.326 e. The minimum Gasteiger partial charge on any atom is -0.480 e. The Bertz CT molecular complexity index is 1370. The molecule has 15 heteroatoms. The number of ether oxygens (including phenoxy) is 1. The lowest BCUT2D eigenvalue weighted by atomic mass is 9.45. The molecular formula is C32H42F2N2O11. The van der Waals surface area contributed by atoms with Crippen molar-refractivity contribution >= 4 is 29.4 Å². The maximum atomic E-state index is 17.3. The smallest absolute Gasteiger partial charge is 0.326 e. The summed E-state index contributed by atoms with van der Waals surface area (Å²) in [6.45, 7) is 4.22. The van der Waals surface area contributed by atoms with Gasteiger partial charge in [-0.25, -0.2) is 13.6 Å². The van der Waals surface area contributed by atoms with Crippen molar-refractivity contribution in [3.63, 3.8) is 0 Å². The van der Waals surface area contributed by atoms with Crippen LogP contribution in [-0.4, -0.2) is 81.9 Å². The summed E-state index contributed by atoms with van der Waals surface area (Å²) in [5.74, 6) is -6.66. The largest absolute Gasteiger partial charge is 0.480 e. The molecule has 0 spiro atoms. The summed E-state index contributed by atoms with van der Waals surface area (Å²) in [5.41, 5.74) is -4.78. The minimum atomic E-state index is -2.28. The number of nitrogens with one attached hydrogen (secondary N) is 1. The normalized spacial score (nSPS) is 36.2. The van der Waals surface area contributed by atoms with Gasteiger partial charge in [0.05, 0.1) is 19.1 Å². The summed E-state index contributed by atoms with van der Waals surface area (Å²) < 4.78 is 38.0. The molecule has 3 N–H and O–H groups in total. The SMILES string of the molecule is C[C@@H]1CC2C3C[C@H](F)C4=CC(=O)C=CC4(C)[C@@]3(F)C(O)CC2(C)C1C(=O)COC(=O)CC(NC(=O)CCCCCO[N+](=O)[O-])C(=O)O. The van der Waals surface area contributed by atoms with E-state index in [0.717, 1.165) is 6.08 Å². The lowest BCUT2D eigenvalue weighted by Crippen LogP contribution is -2.68. The number of unbranched alkanes of at least 4 members (excludes halogenated alkanes) is 2. The van der Waals surface area contributed by atoms with Crippen LogP contribution in [0.3, 0.4) is 0 Å². The summed E-state index contributed by atoms with van der Waals surface area (Å²) in [4.78, 5) is 76.4. The molecule has 1 amide bonds. The van der Waals surface area contributed by atoms with E-state index in [9.17, 15) is 44.3 Å². The van der Waals surface area contributed by atoms with Gasteiger partial charge in [0.15, 0.2) is 17.2 Å². The first-order chi connectivity index (χ1) is 21.9. The monoisotopic (exact) mass is 668 g/mol. The first-order valence-electron chi connectivity index (χ1n) is 15.9. The molecule has 7 unspecified atom stereocenters. The van der Waals surface area contributed by atoms with Gasteiger partial charge in [0, 0.05) is 23.7 Å². The first-order valence-corrected chi connectivity index (χ1v) is 15.9. The number of alkyl halides is 2. The standard InChI is InChI=1S/C32H42F2N2O11/c1-17-11-19-20-13-22(33)21-12-18(37)8-9-31(21,3)32(20,34)25(39)15-30(19,2)28(17)24(38)16-46-27(41)14-23(29(42)43)35-26(40)7-5-4-6-10-47-36(44)45/h8-9,12,17,19-20,22-23,25,28,39H,4-7,10-11,13-16H2,1-3H3,(H,35,40)(H,42,43)/t17-,19?,20?,22+,23?,25?,28?,30?,31?,32+/m1/s1. The number of halogens is 2. The molecule has 3 fully saturated rings. The molecule has 3 saturated carbocycles. The number of carbonyl (C=O) groups excluding carboxylic acids is 4. The van der Waals surface area contributed by atoms with Crippen LogP contribution in [0.1, 0.15) is 72.1 Å². The molecule has 0 saturated heterocycles. The summed E-state index contributed by atoms with van der Waals surface area (Å²) in [6.07, 6.45) is 0.659. The summed E-state index contributed by atoms with van der Waals surface area (Å²) in [6, 6.07) is -1.62. The van der Waals surface area contributed by atoms with Crippen LogP contribution in [0.15, 0.2) is 23.8 Å². The number of fused-ring (bicyclic) bond motifs is 5. The van der Waals surface area contributed by atoms with Gasteiger partial charge in [-0.1, -0.05) is 26.3 Å². The van der Waals surface area contributed by atoms with Crippen molar-refractivity contribution in [2.24, 2.45) is 34.5 Å². The van der Waals surface area contributed by atoms with E-state index in [1.807, 2.05) is 0 Å². The predicted octanol–water partition coefficient (Wildman–Crippen LogP) is 3.01. The summed E-state index contributed by atoms with van der Waals surface area (Å²) in [5, 5.41) is 32.4. The van der Waals surface area contributed by atoms with E-state index < -0.39 is 100 Å². The molecular weight excluding hydrogens is 626 g/mol. The Hall–Kier alpha value is -3.75. The number of carboxylic acids is 1. The highest BCUT2D eigenvalue weighted by molar-refractivity contribution is 6.01. The van der Waals surface area contributed by atoms with E-state index in [1.165, 1.54) is 19.1 Å².